The van der Waals surface area contributed by atoms with Crippen LogP contribution >= 0.6 is 0 Å². The van der Waals surface area contributed by atoms with Gasteiger partial charge in [-0.2, -0.15) is 21.9 Å². The minimum atomic E-state index is -1.22. The van der Waals surface area contributed by atoms with Gasteiger partial charge in [0.25, 0.3) is 0 Å². The highest BCUT2D eigenvalue weighted by molar-refractivity contribution is 7.19. The molecule has 0 N–H and O–H groups in total. The Morgan fingerprint density at radius 2 is 0.926 bits per heavy atom. The highest BCUT2D eigenvalue weighted by atomic mass is 16.7. The molecule has 54 heavy (non-hydrogen) atoms. The molecule has 266 valence electrons. The molecule has 9 rings (SSSR count). The van der Waals surface area contributed by atoms with Gasteiger partial charge >= 0.3 is 0 Å². The van der Waals surface area contributed by atoms with Gasteiger partial charge in [-0.15, -0.1) is 0 Å². The van der Waals surface area contributed by atoms with Crippen LogP contribution in [0.1, 0.15) is 36.6 Å². The summed E-state index contributed by atoms with van der Waals surface area (Å²) in [5.41, 5.74) is 11.7. The fourth-order valence-corrected chi connectivity index (χ4v) is 8.53. The molecule has 0 aliphatic carbocycles. The Labute approximate surface area is 320 Å². The van der Waals surface area contributed by atoms with Crippen LogP contribution in [-0.2, 0) is 16.0 Å². The molecule has 4 heteroatoms. The second-order valence-corrected chi connectivity index (χ2v) is 14.8. The molecule has 2 aliphatic heterocycles. The molecular weight excluding hydrogens is 657 g/mol. The van der Waals surface area contributed by atoms with Crippen molar-refractivity contribution in [3.05, 3.63) is 217 Å². The van der Waals surface area contributed by atoms with E-state index in [1.54, 1.807) is 0 Å². The number of benzene rings is 7. The molecule has 1 fully saturated rings. The van der Waals surface area contributed by atoms with Crippen molar-refractivity contribution in [2.45, 2.75) is 38.3 Å². The standard InChI is InChI=1S/C26H26NO2.C24H20B/c1-26(2)28-18-24(25(29-26)19-10-4-3-5-11-19)27-16-20-12-6-8-14-22(20)23-15-9-7-13-21(23)17-27;1-5-13-21(14-6-1)25(22-15-7-2-8-16-22,23-17-9-3-10-18-23)24-19-11-4-12-20-24/h3-16,24-25H,17-18H2,1-2H3;1-20H/q+1;-1/t24-,25-;/m0./s1. The van der Waals surface area contributed by atoms with E-state index in [4.69, 9.17) is 9.47 Å². The summed E-state index contributed by atoms with van der Waals surface area (Å²) in [5, 5.41) is 0. The SMILES string of the molecule is CC1(C)OC[C@H]([N+]2=Cc3ccccc3-c3ccccc3C2)[C@H](c2ccccc2)O1.c1ccc([B-](c2ccccc2)(c2ccccc2)c2ccccc2)cc1. The fraction of sp³-hybridized carbons (Fsp3) is 0.140. The lowest BCUT2D eigenvalue weighted by molar-refractivity contribution is -0.607. The highest BCUT2D eigenvalue weighted by Gasteiger charge is 2.44. The Morgan fingerprint density at radius 1 is 0.500 bits per heavy atom. The summed E-state index contributed by atoms with van der Waals surface area (Å²) in [5.74, 6) is -0.599. The zero-order valence-electron chi connectivity index (χ0n) is 31.0. The number of hydrogen-bond donors (Lipinski definition) is 0. The molecule has 0 bridgehead atoms. The summed E-state index contributed by atoms with van der Waals surface area (Å²) in [6, 6.07) is 71.4. The van der Waals surface area contributed by atoms with Crippen LogP contribution in [0.5, 0.6) is 0 Å². The number of rotatable bonds is 6. The monoisotopic (exact) mass is 703 g/mol. The van der Waals surface area contributed by atoms with Gasteiger partial charge in [0.15, 0.2) is 18.5 Å². The predicted octanol–water partition coefficient (Wildman–Crippen LogP) is 8.26. The van der Waals surface area contributed by atoms with Crippen LogP contribution in [0.2, 0.25) is 0 Å². The molecule has 0 amide bonds. The third-order valence-electron chi connectivity index (χ3n) is 11.0. The normalized spacial score (nSPS) is 17.4. The van der Waals surface area contributed by atoms with Crippen molar-refractivity contribution in [3.8, 4) is 11.1 Å². The van der Waals surface area contributed by atoms with Crippen LogP contribution in [0.4, 0.5) is 0 Å². The maximum Gasteiger partial charge on any atom is 0.206 e. The number of nitrogens with zero attached hydrogens (tertiary/aromatic N) is 1. The Kier molecular flexibility index (Phi) is 10.2. The molecule has 1 saturated heterocycles. The molecule has 2 atom stereocenters. The van der Waals surface area contributed by atoms with Crippen molar-refractivity contribution in [1.29, 1.82) is 0 Å². The molecule has 2 aliphatic rings. The van der Waals surface area contributed by atoms with E-state index in [2.05, 4.69) is 205 Å². The van der Waals surface area contributed by atoms with Crippen molar-refractivity contribution in [2.24, 2.45) is 0 Å². The van der Waals surface area contributed by atoms with Crippen molar-refractivity contribution in [2.75, 3.05) is 6.61 Å². The van der Waals surface area contributed by atoms with Crippen molar-refractivity contribution in [3.63, 3.8) is 0 Å². The topological polar surface area (TPSA) is 21.5 Å². The van der Waals surface area contributed by atoms with E-state index in [1.165, 1.54) is 49.7 Å². The minimum Gasteiger partial charge on any atom is -0.343 e. The first-order valence-electron chi connectivity index (χ1n) is 19.1. The molecule has 7 aromatic rings. The molecule has 2 heterocycles. The Hall–Kier alpha value is -5.81. The smallest absolute Gasteiger partial charge is 0.206 e. The van der Waals surface area contributed by atoms with Crippen LogP contribution in [0.15, 0.2) is 200 Å². The summed E-state index contributed by atoms with van der Waals surface area (Å²) < 4.78 is 15.0. The van der Waals surface area contributed by atoms with Gasteiger partial charge in [0.05, 0.1) is 0 Å². The first-order chi connectivity index (χ1) is 26.5. The largest absolute Gasteiger partial charge is 0.343 e. The van der Waals surface area contributed by atoms with Crippen LogP contribution in [-0.4, -0.2) is 35.4 Å². The summed E-state index contributed by atoms with van der Waals surface area (Å²) in [4.78, 5) is 0. The Balaban J connectivity index is 0.000000155. The summed E-state index contributed by atoms with van der Waals surface area (Å²) in [7, 11) is 0. The maximum atomic E-state index is 6.46. The molecule has 0 aromatic heterocycles. The highest BCUT2D eigenvalue weighted by Crippen LogP contribution is 2.37. The number of fused-ring (bicyclic) bond motifs is 3. The van der Waals surface area contributed by atoms with Gasteiger partial charge in [0.2, 0.25) is 6.04 Å². The van der Waals surface area contributed by atoms with Gasteiger partial charge in [0, 0.05) is 11.1 Å². The second kappa shape index (κ2) is 15.7. The van der Waals surface area contributed by atoms with Crippen LogP contribution in [0.3, 0.4) is 0 Å². The van der Waals surface area contributed by atoms with E-state index in [-0.39, 0.29) is 12.1 Å². The Bertz CT molecular complexity index is 2150. The average Bonchev–Trinajstić information content (AvgIpc) is 3.40. The number of ether oxygens (including phenoxy) is 2. The molecule has 3 nitrogen and oxygen atoms in total. The number of hydrogen-bond acceptors (Lipinski definition) is 2. The fourth-order valence-electron chi connectivity index (χ4n) is 8.53. The van der Waals surface area contributed by atoms with E-state index in [0.717, 1.165) is 6.54 Å². The molecule has 0 unspecified atom stereocenters. The minimum absolute atomic E-state index is 0.0615. The maximum absolute atomic E-state index is 6.46. The van der Waals surface area contributed by atoms with Gasteiger partial charge in [0.1, 0.15) is 18.9 Å². The van der Waals surface area contributed by atoms with E-state index in [1.807, 2.05) is 19.9 Å². The van der Waals surface area contributed by atoms with Gasteiger partial charge in [-0.05, 0) is 36.6 Å². The molecule has 0 saturated carbocycles. The lowest BCUT2D eigenvalue weighted by atomic mass is 9.13. The van der Waals surface area contributed by atoms with Crippen molar-refractivity contribution >= 4 is 34.2 Å². The molecular formula is C50H46BNO2. The second-order valence-electron chi connectivity index (χ2n) is 14.8. The van der Waals surface area contributed by atoms with E-state index in [0.29, 0.717) is 6.61 Å². The lowest BCUT2D eigenvalue weighted by Gasteiger charge is -2.44. The third kappa shape index (κ3) is 7.11. The summed E-state index contributed by atoms with van der Waals surface area (Å²) >= 11 is 0. The molecule has 7 aromatic carbocycles. The van der Waals surface area contributed by atoms with E-state index in [9.17, 15) is 0 Å². The zero-order chi connectivity index (χ0) is 36.8. The summed E-state index contributed by atoms with van der Waals surface area (Å²) in [6.45, 7) is 5.44. The van der Waals surface area contributed by atoms with Gasteiger partial charge in [-0.3, -0.25) is 0 Å². The first-order valence-corrected chi connectivity index (χ1v) is 19.1. The average molecular weight is 704 g/mol. The molecule has 0 radical (unpaired) electrons. The summed E-state index contributed by atoms with van der Waals surface area (Å²) in [6.07, 6.45) is 1.00. The van der Waals surface area contributed by atoms with Crippen molar-refractivity contribution < 1.29 is 14.0 Å². The van der Waals surface area contributed by atoms with Gasteiger partial charge < -0.3 is 9.47 Å². The molecule has 0 spiro atoms. The van der Waals surface area contributed by atoms with E-state index >= 15 is 0 Å². The first kappa shape index (κ1) is 35.2. The van der Waals surface area contributed by atoms with Crippen molar-refractivity contribution in [1.82, 2.24) is 0 Å². The van der Waals surface area contributed by atoms with Crippen LogP contribution in [0.25, 0.3) is 11.1 Å². The zero-order valence-corrected chi connectivity index (χ0v) is 31.0. The third-order valence-corrected chi connectivity index (χ3v) is 11.0. The van der Waals surface area contributed by atoms with Crippen LogP contribution < -0.4 is 21.9 Å². The quantitative estimate of drug-likeness (QED) is 0.129. The van der Waals surface area contributed by atoms with Gasteiger partial charge in [-0.25, -0.2) is 4.58 Å². The van der Waals surface area contributed by atoms with E-state index < -0.39 is 11.9 Å². The van der Waals surface area contributed by atoms with Gasteiger partial charge in [-0.1, -0.05) is 194 Å². The predicted molar refractivity (Wildman–Crippen MR) is 225 cm³/mol. The Morgan fingerprint density at radius 3 is 1.44 bits per heavy atom. The van der Waals surface area contributed by atoms with Crippen LogP contribution in [0, 0.1) is 0 Å². The lowest BCUT2D eigenvalue weighted by Crippen LogP contribution is -2.74.